The van der Waals surface area contributed by atoms with Gasteiger partial charge < -0.3 is 33.8 Å². The van der Waals surface area contributed by atoms with E-state index in [9.17, 15) is 43.2 Å². The Balaban J connectivity index is 5.33. The molecule has 17 nitrogen and oxygen atoms in total. The van der Waals surface area contributed by atoms with E-state index in [2.05, 4.69) is 125 Å². The van der Waals surface area contributed by atoms with Crippen LogP contribution in [-0.4, -0.2) is 96.7 Å². The summed E-state index contributed by atoms with van der Waals surface area (Å²) in [6, 6.07) is 0. The minimum atomic E-state index is -4.98. The third kappa shape index (κ3) is 66.6. The van der Waals surface area contributed by atoms with Crippen LogP contribution in [0.2, 0.25) is 0 Å². The maximum atomic E-state index is 13.0. The summed E-state index contributed by atoms with van der Waals surface area (Å²) in [6.45, 7) is 4.54. The standard InChI is InChI=1S/C75H130O17P2/c1-5-9-13-17-21-25-29-32-33-34-35-38-41-44-48-52-56-60-73(78)86-66-71(92-75(80)62-58-54-50-46-42-37-31-27-23-19-15-11-7-3)68-90-94(83,84)88-64-69(76)63-87-93(81,82)89-67-70(91-74(79)61-57-53-49-45-39-28-24-20-16-12-8-4)65-85-72(77)59-55-51-47-43-40-36-30-26-22-18-14-10-6-2/h9,13-15,18-21,24-27,30-33,69-71,76H,5-8,10-12,16-17,22-23,28-29,34-68H2,1-4H3,(H,81,82)(H,83,84)/b13-9-,18-14-,19-15-,24-20-,25-21-,30-26-,31-27-,33-32-. The zero-order valence-corrected chi connectivity index (χ0v) is 60.7. The Morgan fingerprint density at radius 3 is 0.904 bits per heavy atom. The summed E-state index contributed by atoms with van der Waals surface area (Å²) in [5.74, 6) is -2.22. The van der Waals surface area contributed by atoms with Crippen LogP contribution in [0.1, 0.15) is 297 Å². The minimum absolute atomic E-state index is 0.0759. The molecule has 94 heavy (non-hydrogen) atoms. The van der Waals surface area contributed by atoms with Crippen LogP contribution in [0.25, 0.3) is 0 Å². The molecule has 0 aliphatic carbocycles. The normalized spacial score (nSPS) is 14.6. The molecule has 0 heterocycles. The van der Waals surface area contributed by atoms with Gasteiger partial charge in [0.25, 0.3) is 0 Å². The van der Waals surface area contributed by atoms with Crippen molar-refractivity contribution in [1.82, 2.24) is 0 Å². The van der Waals surface area contributed by atoms with Gasteiger partial charge in [-0.05, 0) is 128 Å². The van der Waals surface area contributed by atoms with Crippen LogP contribution < -0.4 is 0 Å². The third-order valence-corrected chi connectivity index (χ3v) is 16.9. The van der Waals surface area contributed by atoms with Gasteiger partial charge in [-0.3, -0.25) is 37.3 Å². The molecule has 0 spiro atoms. The van der Waals surface area contributed by atoms with Gasteiger partial charge in [-0.25, -0.2) is 9.13 Å². The van der Waals surface area contributed by atoms with Crippen LogP contribution in [0.15, 0.2) is 97.2 Å². The van der Waals surface area contributed by atoms with Crippen LogP contribution in [0.3, 0.4) is 0 Å². The van der Waals surface area contributed by atoms with E-state index in [0.29, 0.717) is 25.7 Å². The Labute approximate surface area is 569 Å². The zero-order valence-electron chi connectivity index (χ0n) is 58.9. The van der Waals surface area contributed by atoms with Crippen LogP contribution in [0.4, 0.5) is 0 Å². The number of aliphatic hydroxyl groups is 1. The number of phosphoric ester groups is 2. The molecule has 0 bridgehead atoms. The predicted molar refractivity (Wildman–Crippen MR) is 381 cm³/mol. The van der Waals surface area contributed by atoms with Gasteiger partial charge in [-0.2, -0.15) is 0 Å². The van der Waals surface area contributed by atoms with Crippen molar-refractivity contribution < 1.29 is 80.2 Å². The highest BCUT2D eigenvalue weighted by Gasteiger charge is 2.30. The molecule has 5 unspecified atom stereocenters. The number of unbranched alkanes of at least 4 members (excludes halogenated alkanes) is 26. The van der Waals surface area contributed by atoms with Gasteiger partial charge in [0.05, 0.1) is 26.4 Å². The van der Waals surface area contributed by atoms with E-state index in [-0.39, 0.29) is 25.7 Å². The van der Waals surface area contributed by atoms with E-state index in [1.807, 2.05) is 0 Å². The van der Waals surface area contributed by atoms with Crippen molar-refractivity contribution in [3.63, 3.8) is 0 Å². The highest BCUT2D eigenvalue weighted by atomic mass is 31.2. The molecule has 542 valence electrons. The molecule has 5 atom stereocenters. The maximum Gasteiger partial charge on any atom is 0.472 e. The number of aliphatic hydroxyl groups excluding tert-OH is 1. The van der Waals surface area contributed by atoms with Gasteiger partial charge in [0.2, 0.25) is 0 Å². The summed E-state index contributed by atoms with van der Waals surface area (Å²) in [5, 5.41) is 10.6. The highest BCUT2D eigenvalue weighted by molar-refractivity contribution is 7.47. The fourth-order valence-electron chi connectivity index (χ4n) is 9.41. The molecule has 0 radical (unpaired) electrons. The second kappa shape index (κ2) is 67.5. The van der Waals surface area contributed by atoms with E-state index in [4.69, 9.17) is 37.0 Å². The van der Waals surface area contributed by atoms with E-state index >= 15 is 0 Å². The minimum Gasteiger partial charge on any atom is -0.462 e. The van der Waals surface area contributed by atoms with Gasteiger partial charge in [-0.15, -0.1) is 0 Å². The van der Waals surface area contributed by atoms with Gasteiger partial charge in [0.1, 0.15) is 19.3 Å². The number of hydrogen-bond acceptors (Lipinski definition) is 15. The molecule has 0 rings (SSSR count). The summed E-state index contributed by atoms with van der Waals surface area (Å²) in [7, 11) is -9.95. The largest absolute Gasteiger partial charge is 0.472 e. The highest BCUT2D eigenvalue weighted by Crippen LogP contribution is 2.45. The molecular formula is C75H130O17P2. The van der Waals surface area contributed by atoms with Gasteiger partial charge in [0, 0.05) is 25.7 Å². The number of carbonyl (C=O) groups is 4. The van der Waals surface area contributed by atoms with Crippen molar-refractivity contribution in [2.45, 2.75) is 316 Å². The summed E-state index contributed by atoms with van der Waals surface area (Å²) >= 11 is 0. The Morgan fingerprint density at radius 2 is 0.574 bits per heavy atom. The van der Waals surface area contributed by atoms with Crippen molar-refractivity contribution in [3.8, 4) is 0 Å². The van der Waals surface area contributed by atoms with Crippen molar-refractivity contribution in [1.29, 1.82) is 0 Å². The van der Waals surface area contributed by atoms with Crippen molar-refractivity contribution >= 4 is 39.5 Å². The van der Waals surface area contributed by atoms with Gasteiger partial charge in [-0.1, -0.05) is 240 Å². The van der Waals surface area contributed by atoms with Crippen LogP contribution in [0, 0.1) is 0 Å². The average Bonchev–Trinajstić information content (AvgIpc) is 2.15. The first kappa shape index (κ1) is 90.0. The lowest BCUT2D eigenvalue weighted by Crippen LogP contribution is -2.30. The van der Waals surface area contributed by atoms with Crippen molar-refractivity contribution in [2.24, 2.45) is 0 Å². The number of allylic oxidation sites excluding steroid dienone is 16. The Kier molecular flexibility index (Phi) is 64.7. The molecule has 0 aromatic carbocycles. The summed E-state index contributed by atoms with van der Waals surface area (Å²) in [6.07, 6.45) is 68.4. The third-order valence-electron chi connectivity index (χ3n) is 15.0. The molecule has 19 heteroatoms. The van der Waals surface area contributed by atoms with Crippen LogP contribution in [-0.2, 0) is 65.4 Å². The van der Waals surface area contributed by atoms with Gasteiger partial charge in [0.15, 0.2) is 12.2 Å². The maximum absolute atomic E-state index is 13.0. The average molecular weight is 1370 g/mol. The molecule has 0 fully saturated rings. The molecule has 0 amide bonds. The number of ether oxygens (including phenoxy) is 4. The smallest absolute Gasteiger partial charge is 0.462 e. The summed E-state index contributed by atoms with van der Waals surface area (Å²) in [4.78, 5) is 72.6. The lowest BCUT2D eigenvalue weighted by atomic mass is 10.1. The first-order valence-corrected chi connectivity index (χ1v) is 39.5. The van der Waals surface area contributed by atoms with Crippen LogP contribution in [0.5, 0.6) is 0 Å². The fourth-order valence-corrected chi connectivity index (χ4v) is 11.0. The van der Waals surface area contributed by atoms with E-state index in [1.54, 1.807) is 0 Å². The van der Waals surface area contributed by atoms with Gasteiger partial charge >= 0.3 is 39.5 Å². The number of hydrogen-bond donors (Lipinski definition) is 3. The molecule has 3 N–H and O–H groups in total. The second-order valence-electron chi connectivity index (χ2n) is 24.1. The Morgan fingerprint density at radius 1 is 0.309 bits per heavy atom. The quantitative estimate of drug-likeness (QED) is 0.0169. The monoisotopic (exact) mass is 1360 g/mol. The molecule has 0 aromatic rings. The summed E-state index contributed by atoms with van der Waals surface area (Å²) in [5.41, 5.74) is 0. The molecule has 0 aliphatic rings. The van der Waals surface area contributed by atoms with E-state index in [0.717, 1.165) is 205 Å². The summed E-state index contributed by atoms with van der Waals surface area (Å²) < 4.78 is 68.3. The molecule has 0 aromatic heterocycles. The zero-order chi connectivity index (χ0) is 69.0. The SMILES string of the molecule is CC/C=C\C/C=C\C/C=C\CCCCCCCCCC(=O)OCC(COP(=O)(O)OCC(O)COP(=O)(O)OCC(COC(=O)CCCCCCC/C=C\C/C=C\CCC)OC(=O)CCCCCCC/C=C\CCCC)OC(=O)CCCCCCC/C=C\C/C=C\CCC. The molecule has 0 saturated carbocycles. The number of phosphoric acid groups is 2. The first-order valence-electron chi connectivity index (χ1n) is 36.5. The second-order valence-corrected chi connectivity index (χ2v) is 27.0. The van der Waals surface area contributed by atoms with Crippen molar-refractivity contribution in [3.05, 3.63) is 97.2 Å². The Hall–Kier alpha value is -4.02. The Bertz CT molecular complexity index is 2170. The van der Waals surface area contributed by atoms with E-state index in [1.165, 1.54) is 12.8 Å². The van der Waals surface area contributed by atoms with Crippen LogP contribution >= 0.6 is 15.6 Å². The lowest BCUT2D eigenvalue weighted by Gasteiger charge is -2.21. The van der Waals surface area contributed by atoms with E-state index < -0.39 is 97.5 Å². The van der Waals surface area contributed by atoms with Crippen molar-refractivity contribution in [2.75, 3.05) is 39.6 Å². The molecular weight excluding hydrogens is 1230 g/mol. The number of esters is 4. The number of rotatable bonds is 68. The number of carbonyl (C=O) groups excluding carboxylic acids is 4. The molecule has 0 saturated heterocycles. The molecule has 0 aliphatic heterocycles. The predicted octanol–water partition coefficient (Wildman–Crippen LogP) is 20.4. The lowest BCUT2D eigenvalue weighted by molar-refractivity contribution is -0.161. The topological polar surface area (TPSA) is 237 Å². The first-order chi connectivity index (χ1) is 45.7. The fraction of sp³-hybridized carbons (Fsp3) is 0.733.